The molecule has 1 saturated heterocycles. The summed E-state index contributed by atoms with van der Waals surface area (Å²) in [6, 6.07) is 0.0216. The SMILES string of the molecule is C=CCN(CC=C)C(CNC(=O)N1C[C@@H]2CCC[C@@]2(C(=O)O)C1)C(C)C. The topological polar surface area (TPSA) is 72.9 Å². The van der Waals surface area contributed by atoms with Gasteiger partial charge in [0.05, 0.1) is 5.41 Å². The zero-order chi connectivity index (χ0) is 19.3. The van der Waals surface area contributed by atoms with Crippen molar-refractivity contribution in [2.75, 3.05) is 32.7 Å². The van der Waals surface area contributed by atoms with Gasteiger partial charge >= 0.3 is 12.0 Å². The molecule has 0 aromatic heterocycles. The molecule has 1 saturated carbocycles. The number of carbonyl (C=O) groups is 2. The van der Waals surface area contributed by atoms with Crippen molar-refractivity contribution < 1.29 is 14.7 Å². The van der Waals surface area contributed by atoms with E-state index >= 15 is 0 Å². The third kappa shape index (κ3) is 4.11. The van der Waals surface area contributed by atoms with E-state index in [2.05, 4.69) is 37.2 Å². The van der Waals surface area contributed by atoms with Gasteiger partial charge in [0.25, 0.3) is 0 Å². The van der Waals surface area contributed by atoms with Crippen LogP contribution in [0.4, 0.5) is 4.79 Å². The monoisotopic (exact) mass is 363 g/mol. The van der Waals surface area contributed by atoms with E-state index in [4.69, 9.17) is 0 Å². The van der Waals surface area contributed by atoms with Gasteiger partial charge in [-0.3, -0.25) is 9.69 Å². The fourth-order valence-electron chi connectivity index (χ4n) is 4.56. The molecular formula is C20H33N3O3. The van der Waals surface area contributed by atoms with Gasteiger partial charge in [-0.05, 0) is 24.7 Å². The number of carbonyl (C=O) groups excluding carboxylic acids is 1. The summed E-state index contributed by atoms with van der Waals surface area (Å²) >= 11 is 0. The molecule has 2 aliphatic rings. The van der Waals surface area contributed by atoms with Crippen LogP contribution in [0.5, 0.6) is 0 Å². The Hall–Kier alpha value is -1.82. The van der Waals surface area contributed by atoms with Crippen molar-refractivity contribution in [1.82, 2.24) is 15.1 Å². The first-order valence-electron chi connectivity index (χ1n) is 9.57. The number of aliphatic carboxylic acids is 1. The Morgan fingerprint density at radius 1 is 1.35 bits per heavy atom. The summed E-state index contributed by atoms with van der Waals surface area (Å²) in [5.41, 5.74) is -0.730. The Morgan fingerprint density at radius 2 is 2.00 bits per heavy atom. The minimum atomic E-state index is -0.751. The largest absolute Gasteiger partial charge is 0.481 e. The van der Waals surface area contributed by atoms with Gasteiger partial charge in [0, 0.05) is 38.8 Å². The number of amides is 2. The zero-order valence-electron chi connectivity index (χ0n) is 16.1. The van der Waals surface area contributed by atoms with Crippen LogP contribution in [0.1, 0.15) is 33.1 Å². The number of hydrogen-bond donors (Lipinski definition) is 2. The van der Waals surface area contributed by atoms with E-state index in [-0.39, 0.29) is 18.0 Å². The Bertz CT molecular complexity index is 538. The van der Waals surface area contributed by atoms with Gasteiger partial charge in [-0.1, -0.05) is 32.4 Å². The molecule has 0 aromatic rings. The van der Waals surface area contributed by atoms with Gasteiger partial charge in [0.15, 0.2) is 0 Å². The highest BCUT2D eigenvalue weighted by Crippen LogP contribution is 2.48. The summed E-state index contributed by atoms with van der Waals surface area (Å²) < 4.78 is 0. The number of carboxylic acids is 1. The summed E-state index contributed by atoms with van der Waals surface area (Å²) in [7, 11) is 0. The van der Waals surface area contributed by atoms with E-state index in [1.165, 1.54) is 0 Å². The average Bonchev–Trinajstić information content (AvgIpc) is 3.13. The van der Waals surface area contributed by atoms with Gasteiger partial charge in [-0.25, -0.2) is 4.79 Å². The van der Waals surface area contributed by atoms with Crippen molar-refractivity contribution >= 4 is 12.0 Å². The van der Waals surface area contributed by atoms with Crippen molar-refractivity contribution in [3.63, 3.8) is 0 Å². The summed E-state index contributed by atoms with van der Waals surface area (Å²) in [6.07, 6.45) is 6.24. The Kier molecular flexibility index (Phi) is 6.87. The maximum absolute atomic E-state index is 12.7. The van der Waals surface area contributed by atoms with Crippen molar-refractivity contribution in [3.8, 4) is 0 Å². The number of hydrogen-bond acceptors (Lipinski definition) is 3. The van der Waals surface area contributed by atoms with Crippen LogP contribution in [0.15, 0.2) is 25.3 Å². The lowest BCUT2D eigenvalue weighted by Crippen LogP contribution is -2.50. The molecule has 0 bridgehead atoms. The lowest BCUT2D eigenvalue weighted by atomic mass is 9.81. The molecule has 146 valence electrons. The van der Waals surface area contributed by atoms with Crippen LogP contribution in [0.2, 0.25) is 0 Å². The lowest BCUT2D eigenvalue weighted by Gasteiger charge is -2.33. The number of likely N-dealkylation sites (tertiary alicyclic amines) is 1. The van der Waals surface area contributed by atoms with Crippen molar-refractivity contribution in [1.29, 1.82) is 0 Å². The molecule has 3 atom stereocenters. The number of nitrogens with one attached hydrogen (secondary N) is 1. The van der Waals surface area contributed by atoms with Crippen molar-refractivity contribution in [3.05, 3.63) is 25.3 Å². The quantitative estimate of drug-likeness (QED) is 0.618. The lowest BCUT2D eigenvalue weighted by molar-refractivity contribution is -0.149. The Labute approximate surface area is 156 Å². The molecule has 0 aromatic carbocycles. The molecule has 2 amide bonds. The van der Waals surface area contributed by atoms with E-state index in [1.54, 1.807) is 4.90 Å². The second-order valence-electron chi connectivity index (χ2n) is 7.96. The van der Waals surface area contributed by atoms with E-state index in [0.717, 1.165) is 25.9 Å². The standard InChI is InChI=1S/C20H33N3O3/c1-5-10-22(11-6-2)17(15(3)4)12-21-19(26)23-13-16-8-7-9-20(16,14-23)18(24)25/h5-6,15-17H,1-2,7-14H2,3-4H3,(H,21,26)(H,24,25)/t16-,17?,20+/m0/s1. The van der Waals surface area contributed by atoms with Crippen LogP contribution in [-0.4, -0.2) is 65.7 Å². The maximum atomic E-state index is 12.7. The van der Waals surface area contributed by atoms with E-state index in [0.29, 0.717) is 32.0 Å². The number of urea groups is 1. The molecule has 6 nitrogen and oxygen atoms in total. The number of nitrogens with zero attached hydrogens (tertiary/aromatic N) is 2. The average molecular weight is 364 g/mol. The van der Waals surface area contributed by atoms with Gasteiger partial charge in [0.1, 0.15) is 0 Å². The fraction of sp³-hybridized carbons (Fsp3) is 0.700. The summed E-state index contributed by atoms with van der Waals surface area (Å²) in [4.78, 5) is 28.4. The first-order chi connectivity index (χ1) is 12.4. The van der Waals surface area contributed by atoms with Crippen LogP contribution >= 0.6 is 0 Å². The van der Waals surface area contributed by atoms with Crippen molar-refractivity contribution in [2.24, 2.45) is 17.3 Å². The fourth-order valence-corrected chi connectivity index (χ4v) is 4.56. The second kappa shape index (κ2) is 8.71. The zero-order valence-corrected chi connectivity index (χ0v) is 16.1. The van der Waals surface area contributed by atoms with Crippen molar-refractivity contribution in [2.45, 2.75) is 39.2 Å². The third-order valence-corrected chi connectivity index (χ3v) is 6.01. The molecule has 0 radical (unpaired) electrons. The van der Waals surface area contributed by atoms with Gasteiger partial charge in [-0.2, -0.15) is 0 Å². The third-order valence-electron chi connectivity index (χ3n) is 6.01. The molecule has 2 N–H and O–H groups in total. The van der Waals surface area contributed by atoms with E-state index < -0.39 is 11.4 Å². The minimum Gasteiger partial charge on any atom is -0.481 e. The molecule has 6 heteroatoms. The minimum absolute atomic E-state index is 0.0877. The molecule has 1 aliphatic carbocycles. The molecule has 1 aliphatic heterocycles. The van der Waals surface area contributed by atoms with Gasteiger partial charge in [0.2, 0.25) is 0 Å². The first-order valence-corrected chi connectivity index (χ1v) is 9.57. The summed E-state index contributed by atoms with van der Waals surface area (Å²) in [6.45, 7) is 14.8. The van der Waals surface area contributed by atoms with Crippen LogP contribution in [0.3, 0.4) is 0 Å². The van der Waals surface area contributed by atoms with Crippen LogP contribution in [-0.2, 0) is 4.79 Å². The molecule has 1 unspecified atom stereocenters. The highest BCUT2D eigenvalue weighted by atomic mass is 16.4. The normalized spacial score (nSPS) is 26.0. The Balaban J connectivity index is 1.97. The molecular weight excluding hydrogens is 330 g/mol. The van der Waals surface area contributed by atoms with Gasteiger partial charge in [-0.15, -0.1) is 13.2 Å². The van der Waals surface area contributed by atoms with Crippen LogP contribution in [0.25, 0.3) is 0 Å². The predicted molar refractivity (Wildman–Crippen MR) is 103 cm³/mol. The second-order valence-corrected chi connectivity index (χ2v) is 7.96. The molecule has 0 spiro atoms. The summed E-state index contributed by atoms with van der Waals surface area (Å²) in [5, 5.41) is 12.7. The first kappa shape index (κ1) is 20.5. The predicted octanol–water partition coefficient (Wildman–Crippen LogP) is 2.58. The summed E-state index contributed by atoms with van der Waals surface area (Å²) in [5.74, 6) is -0.304. The number of carboxylic acid groups (broad SMARTS) is 1. The molecule has 1 heterocycles. The van der Waals surface area contributed by atoms with E-state index in [9.17, 15) is 14.7 Å². The smallest absolute Gasteiger partial charge is 0.317 e. The van der Waals surface area contributed by atoms with E-state index in [1.807, 2.05) is 12.2 Å². The van der Waals surface area contributed by atoms with Crippen LogP contribution < -0.4 is 5.32 Å². The molecule has 2 fully saturated rings. The highest BCUT2D eigenvalue weighted by molar-refractivity contribution is 5.80. The molecule has 2 rings (SSSR count). The number of rotatable bonds is 9. The number of fused-ring (bicyclic) bond motifs is 1. The Morgan fingerprint density at radius 3 is 2.50 bits per heavy atom. The molecule has 26 heavy (non-hydrogen) atoms. The highest BCUT2D eigenvalue weighted by Gasteiger charge is 2.55. The van der Waals surface area contributed by atoms with Gasteiger partial charge < -0.3 is 15.3 Å². The maximum Gasteiger partial charge on any atom is 0.317 e. The van der Waals surface area contributed by atoms with Crippen LogP contribution in [0, 0.1) is 17.3 Å².